The number of carbonyl (C=O) groups is 1. The number of amides is 1. The smallest absolute Gasteiger partial charge is 0.276 e. The second-order valence-corrected chi connectivity index (χ2v) is 5.05. The summed E-state index contributed by atoms with van der Waals surface area (Å²) < 4.78 is 0. The summed E-state index contributed by atoms with van der Waals surface area (Å²) >= 11 is 5.82. The first-order valence-electron chi connectivity index (χ1n) is 6.30. The van der Waals surface area contributed by atoms with Gasteiger partial charge >= 0.3 is 0 Å². The largest absolute Gasteiger partial charge is 0.359 e. The number of halogens is 1. The average molecular weight is 299 g/mol. The van der Waals surface area contributed by atoms with Gasteiger partial charge < -0.3 is 10.2 Å². The van der Waals surface area contributed by atoms with Crippen molar-refractivity contribution in [2.24, 2.45) is 5.92 Å². The SMILES string of the molecule is CNC(=O)C1CCCN(c2cc([N+](=O)[O-])cc(Cl)n2)C1. The third kappa shape index (κ3) is 3.16. The molecule has 1 aromatic rings. The van der Waals surface area contributed by atoms with Gasteiger partial charge in [-0.05, 0) is 12.8 Å². The molecule has 0 aromatic carbocycles. The van der Waals surface area contributed by atoms with Gasteiger partial charge in [0.15, 0.2) is 0 Å². The number of nitrogens with one attached hydrogen (secondary N) is 1. The molecule has 1 unspecified atom stereocenters. The molecule has 0 spiro atoms. The third-order valence-corrected chi connectivity index (χ3v) is 3.53. The number of aromatic nitrogens is 1. The van der Waals surface area contributed by atoms with Crippen molar-refractivity contribution in [1.29, 1.82) is 0 Å². The normalized spacial score (nSPS) is 18.7. The summed E-state index contributed by atoms with van der Waals surface area (Å²) in [6.07, 6.45) is 1.64. The summed E-state index contributed by atoms with van der Waals surface area (Å²) in [4.78, 5) is 28.0. The monoisotopic (exact) mass is 298 g/mol. The van der Waals surface area contributed by atoms with Gasteiger partial charge in [-0.2, -0.15) is 0 Å². The fraction of sp³-hybridized carbons (Fsp3) is 0.500. The van der Waals surface area contributed by atoms with Crippen molar-refractivity contribution in [1.82, 2.24) is 10.3 Å². The first kappa shape index (κ1) is 14.5. The van der Waals surface area contributed by atoms with Crippen LogP contribution in [0.25, 0.3) is 0 Å². The zero-order chi connectivity index (χ0) is 14.7. The Hall–Kier alpha value is -1.89. The summed E-state index contributed by atoms with van der Waals surface area (Å²) in [6, 6.07) is 2.60. The van der Waals surface area contributed by atoms with Crippen LogP contribution in [0.5, 0.6) is 0 Å². The van der Waals surface area contributed by atoms with E-state index in [0.717, 1.165) is 12.8 Å². The van der Waals surface area contributed by atoms with E-state index in [9.17, 15) is 14.9 Å². The van der Waals surface area contributed by atoms with E-state index in [0.29, 0.717) is 18.9 Å². The maximum Gasteiger partial charge on any atom is 0.276 e. The van der Waals surface area contributed by atoms with E-state index >= 15 is 0 Å². The Balaban J connectivity index is 2.22. The van der Waals surface area contributed by atoms with Crippen LogP contribution in [0, 0.1) is 16.0 Å². The zero-order valence-electron chi connectivity index (χ0n) is 11.0. The molecule has 1 aromatic heterocycles. The lowest BCUT2D eigenvalue weighted by Gasteiger charge is -2.32. The summed E-state index contributed by atoms with van der Waals surface area (Å²) in [5.41, 5.74) is -0.0953. The standard InChI is InChI=1S/C12H15ClN4O3/c1-14-12(18)8-3-2-4-16(7-8)11-6-9(17(19)20)5-10(13)15-11/h5-6,8H,2-4,7H2,1H3,(H,14,18). The second-order valence-electron chi connectivity index (χ2n) is 4.66. The van der Waals surface area contributed by atoms with Crippen molar-refractivity contribution in [2.45, 2.75) is 12.8 Å². The highest BCUT2D eigenvalue weighted by Gasteiger charge is 2.26. The maximum absolute atomic E-state index is 11.7. The van der Waals surface area contributed by atoms with E-state index in [1.165, 1.54) is 12.1 Å². The molecular formula is C12H15ClN4O3. The van der Waals surface area contributed by atoms with Gasteiger partial charge in [-0.25, -0.2) is 4.98 Å². The lowest BCUT2D eigenvalue weighted by Crippen LogP contribution is -2.42. The van der Waals surface area contributed by atoms with Crippen LogP contribution in [-0.2, 0) is 4.79 Å². The number of nitrogens with zero attached hydrogens (tertiary/aromatic N) is 3. The van der Waals surface area contributed by atoms with Gasteiger partial charge in [-0.15, -0.1) is 0 Å². The third-order valence-electron chi connectivity index (χ3n) is 3.34. The molecule has 2 heterocycles. The summed E-state index contributed by atoms with van der Waals surface area (Å²) in [5, 5.41) is 13.6. The number of hydrogen-bond acceptors (Lipinski definition) is 5. The van der Waals surface area contributed by atoms with Gasteiger partial charge in [-0.3, -0.25) is 14.9 Å². The molecule has 0 aliphatic carbocycles. The van der Waals surface area contributed by atoms with Gasteiger partial charge in [-0.1, -0.05) is 11.6 Å². The van der Waals surface area contributed by atoms with Crippen molar-refractivity contribution in [3.63, 3.8) is 0 Å². The van der Waals surface area contributed by atoms with Crippen molar-refractivity contribution in [2.75, 3.05) is 25.0 Å². The van der Waals surface area contributed by atoms with Gasteiger partial charge in [0.25, 0.3) is 5.69 Å². The van der Waals surface area contributed by atoms with E-state index in [1.54, 1.807) is 7.05 Å². The molecule has 108 valence electrons. The Labute approximate surface area is 121 Å². The van der Waals surface area contributed by atoms with E-state index < -0.39 is 4.92 Å². The molecule has 1 aliphatic rings. The molecule has 7 nitrogen and oxygen atoms in total. The van der Waals surface area contributed by atoms with Crippen molar-refractivity contribution >= 4 is 29.0 Å². The fourth-order valence-corrected chi connectivity index (χ4v) is 2.54. The number of anilines is 1. The van der Waals surface area contributed by atoms with Gasteiger partial charge in [0, 0.05) is 20.1 Å². The number of nitro groups is 1. The number of rotatable bonds is 3. The molecule has 8 heteroatoms. The molecule has 2 rings (SSSR count). The number of pyridine rings is 1. The van der Waals surface area contributed by atoms with Crippen LogP contribution in [0.2, 0.25) is 5.15 Å². The quantitative estimate of drug-likeness (QED) is 0.520. The number of hydrogen-bond donors (Lipinski definition) is 1. The van der Waals surface area contributed by atoms with E-state index in [1.807, 2.05) is 4.90 Å². The second kappa shape index (κ2) is 6.04. The number of carbonyl (C=O) groups excluding carboxylic acids is 1. The molecule has 1 amide bonds. The predicted molar refractivity (Wildman–Crippen MR) is 74.9 cm³/mol. The lowest BCUT2D eigenvalue weighted by atomic mass is 9.97. The fourth-order valence-electron chi connectivity index (χ4n) is 2.34. The molecule has 1 saturated heterocycles. The highest BCUT2D eigenvalue weighted by atomic mass is 35.5. The van der Waals surface area contributed by atoms with Gasteiger partial charge in [0.2, 0.25) is 5.91 Å². The summed E-state index contributed by atoms with van der Waals surface area (Å²) in [5.74, 6) is 0.289. The molecule has 0 radical (unpaired) electrons. The first-order valence-corrected chi connectivity index (χ1v) is 6.67. The van der Waals surface area contributed by atoms with Crippen molar-refractivity contribution < 1.29 is 9.72 Å². The first-order chi connectivity index (χ1) is 9.51. The summed E-state index contributed by atoms with van der Waals surface area (Å²) in [7, 11) is 1.60. The summed E-state index contributed by atoms with van der Waals surface area (Å²) in [6.45, 7) is 1.20. The van der Waals surface area contributed by atoms with Crippen LogP contribution in [0.4, 0.5) is 11.5 Å². The molecule has 0 bridgehead atoms. The molecule has 0 saturated carbocycles. The molecule has 1 fully saturated rings. The lowest BCUT2D eigenvalue weighted by molar-refractivity contribution is -0.384. The Kier molecular flexibility index (Phi) is 4.39. The van der Waals surface area contributed by atoms with E-state index in [2.05, 4.69) is 10.3 Å². The molecular weight excluding hydrogens is 284 g/mol. The Morgan fingerprint density at radius 1 is 1.60 bits per heavy atom. The highest BCUT2D eigenvalue weighted by Crippen LogP contribution is 2.27. The minimum absolute atomic E-state index is 0.0220. The maximum atomic E-state index is 11.7. The van der Waals surface area contributed by atoms with Crippen LogP contribution in [0.1, 0.15) is 12.8 Å². The molecule has 1 atom stereocenters. The van der Waals surface area contributed by atoms with Gasteiger partial charge in [0.1, 0.15) is 11.0 Å². The minimum Gasteiger partial charge on any atom is -0.359 e. The topological polar surface area (TPSA) is 88.4 Å². The van der Waals surface area contributed by atoms with Crippen LogP contribution in [0.3, 0.4) is 0 Å². The highest BCUT2D eigenvalue weighted by molar-refractivity contribution is 6.29. The average Bonchev–Trinajstić information content (AvgIpc) is 2.45. The molecule has 1 aliphatic heterocycles. The van der Waals surface area contributed by atoms with Crippen LogP contribution >= 0.6 is 11.6 Å². The number of piperidine rings is 1. The Morgan fingerprint density at radius 3 is 3.00 bits per heavy atom. The van der Waals surface area contributed by atoms with E-state index in [4.69, 9.17) is 11.6 Å². The Morgan fingerprint density at radius 2 is 2.35 bits per heavy atom. The van der Waals surface area contributed by atoms with Crippen LogP contribution in [0.15, 0.2) is 12.1 Å². The molecule has 20 heavy (non-hydrogen) atoms. The Bertz CT molecular complexity index is 537. The minimum atomic E-state index is -0.503. The molecule has 1 N–H and O–H groups in total. The van der Waals surface area contributed by atoms with Crippen LogP contribution < -0.4 is 10.2 Å². The van der Waals surface area contributed by atoms with Crippen LogP contribution in [-0.4, -0.2) is 36.0 Å². The predicted octanol–water partition coefficient (Wildman–Crippen LogP) is 1.61. The van der Waals surface area contributed by atoms with Crippen molar-refractivity contribution in [3.8, 4) is 0 Å². The van der Waals surface area contributed by atoms with Gasteiger partial charge in [0.05, 0.1) is 23.0 Å². The van der Waals surface area contributed by atoms with Crippen molar-refractivity contribution in [3.05, 3.63) is 27.4 Å². The zero-order valence-corrected chi connectivity index (χ0v) is 11.8. The van der Waals surface area contributed by atoms with E-state index in [-0.39, 0.29) is 22.7 Å².